The maximum atomic E-state index is 12.4. The summed E-state index contributed by atoms with van der Waals surface area (Å²) in [6.07, 6.45) is -0.156. The lowest BCUT2D eigenvalue weighted by Crippen LogP contribution is -2.30. The Morgan fingerprint density at radius 2 is 1.50 bits per heavy atom. The molecule has 7 nitrogen and oxygen atoms in total. The molecule has 0 heterocycles. The van der Waals surface area contributed by atoms with E-state index < -0.39 is 18.0 Å². The van der Waals surface area contributed by atoms with E-state index in [-0.39, 0.29) is 36.2 Å². The molecular weight excluding hydrogens is 432 g/mol. The van der Waals surface area contributed by atoms with Crippen LogP contribution in [0, 0.1) is 5.92 Å². The molecule has 4 rings (SSSR count). The number of alkyl carbamates (subject to hydrolysis) is 1. The van der Waals surface area contributed by atoms with Crippen LogP contribution < -0.4 is 10.6 Å². The molecule has 0 saturated heterocycles. The molecule has 34 heavy (non-hydrogen) atoms. The van der Waals surface area contributed by atoms with E-state index in [0.29, 0.717) is 6.42 Å². The second-order valence-electron chi connectivity index (χ2n) is 8.28. The summed E-state index contributed by atoms with van der Waals surface area (Å²) in [5.74, 6) is -1.88. The molecule has 3 aromatic carbocycles. The molecule has 0 spiro atoms. The number of aromatic carboxylic acids is 1. The highest BCUT2D eigenvalue weighted by atomic mass is 16.5. The van der Waals surface area contributed by atoms with E-state index in [9.17, 15) is 19.5 Å². The van der Waals surface area contributed by atoms with Crippen molar-refractivity contribution in [2.24, 2.45) is 5.92 Å². The number of carboxylic acid groups (broad SMARTS) is 1. The van der Waals surface area contributed by atoms with Crippen molar-refractivity contribution >= 4 is 23.7 Å². The van der Waals surface area contributed by atoms with Crippen LogP contribution in [0.5, 0.6) is 0 Å². The lowest BCUT2D eigenvalue weighted by Gasteiger charge is -2.16. The highest BCUT2D eigenvalue weighted by molar-refractivity contribution is 6.01. The van der Waals surface area contributed by atoms with Crippen LogP contribution in [-0.4, -0.2) is 36.2 Å². The largest absolute Gasteiger partial charge is 0.478 e. The van der Waals surface area contributed by atoms with Crippen LogP contribution >= 0.6 is 0 Å². The van der Waals surface area contributed by atoms with E-state index in [1.807, 2.05) is 24.3 Å². The summed E-state index contributed by atoms with van der Waals surface area (Å²) in [5.41, 5.74) is 4.89. The number of hydrogen-bond acceptors (Lipinski definition) is 4. The maximum Gasteiger partial charge on any atom is 0.407 e. The number of hydrogen-bond donors (Lipinski definition) is 3. The molecular formula is C27H26N2O5. The number of nitrogens with one attached hydrogen (secondary N) is 2. The zero-order valence-electron chi connectivity index (χ0n) is 18.8. The summed E-state index contributed by atoms with van der Waals surface area (Å²) < 4.78 is 5.50. The van der Waals surface area contributed by atoms with Crippen molar-refractivity contribution < 1.29 is 24.2 Å². The van der Waals surface area contributed by atoms with Gasteiger partial charge in [-0.3, -0.25) is 4.79 Å². The van der Waals surface area contributed by atoms with Crippen LogP contribution in [0.3, 0.4) is 0 Å². The van der Waals surface area contributed by atoms with Gasteiger partial charge < -0.3 is 20.5 Å². The van der Waals surface area contributed by atoms with Crippen LogP contribution in [0.1, 0.15) is 40.7 Å². The van der Waals surface area contributed by atoms with Gasteiger partial charge in [-0.15, -0.1) is 0 Å². The Hall–Kier alpha value is -4.13. The highest BCUT2D eigenvalue weighted by Crippen LogP contribution is 2.44. The maximum absolute atomic E-state index is 12.4. The third-order valence-electron chi connectivity index (χ3n) is 6.05. The van der Waals surface area contributed by atoms with Gasteiger partial charge in [-0.05, 0) is 40.8 Å². The Kier molecular flexibility index (Phi) is 6.92. The number of para-hydroxylation sites is 1. The predicted molar refractivity (Wildman–Crippen MR) is 129 cm³/mol. The van der Waals surface area contributed by atoms with Gasteiger partial charge in [0, 0.05) is 18.4 Å². The predicted octanol–water partition coefficient (Wildman–Crippen LogP) is 4.89. The molecule has 3 N–H and O–H groups in total. The summed E-state index contributed by atoms with van der Waals surface area (Å²) in [5, 5.41) is 14.6. The van der Waals surface area contributed by atoms with E-state index in [1.165, 1.54) is 6.07 Å². The minimum Gasteiger partial charge on any atom is -0.478 e. The van der Waals surface area contributed by atoms with Crippen LogP contribution in [0.2, 0.25) is 0 Å². The van der Waals surface area contributed by atoms with Gasteiger partial charge in [0.2, 0.25) is 5.91 Å². The molecule has 7 heteroatoms. The average Bonchev–Trinajstić information content (AvgIpc) is 3.16. The number of anilines is 1. The van der Waals surface area contributed by atoms with Crippen molar-refractivity contribution in [2.75, 3.05) is 18.5 Å². The molecule has 0 fully saturated rings. The first-order chi connectivity index (χ1) is 16.5. The van der Waals surface area contributed by atoms with E-state index in [4.69, 9.17) is 4.74 Å². The minimum atomic E-state index is -1.11. The van der Waals surface area contributed by atoms with Crippen LogP contribution in [0.15, 0.2) is 72.8 Å². The molecule has 1 aliphatic rings. The van der Waals surface area contributed by atoms with Crippen molar-refractivity contribution in [1.29, 1.82) is 0 Å². The normalized spacial score (nSPS) is 12.9. The molecule has 0 saturated carbocycles. The second kappa shape index (κ2) is 10.2. The van der Waals surface area contributed by atoms with Gasteiger partial charge in [0.05, 0.1) is 11.3 Å². The van der Waals surface area contributed by atoms with Gasteiger partial charge in [-0.2, -0.15) is 0 Å². The smallest absolute Gasteiger partial charge is 0.407 e. The minimum absolute atomic E-state index is 0.0165. The van der Waals surface area contributed by atoms with Crippen molar-refractivity contribution in [1.82, 2.24) is 5.32 Å². The molecule has 0 bridgehead atoms. The second-order valence-corrected chi connectivity index (χ2v) is 8.28. The molecule has 3 aromatic rings. The Labute approximate surface area is 197 Å². The third-order valence-corrected chi connectivity index (χ3v) is 6.05. The number of carboxylic acids is 1. The standard InChI is InChI=1S/C27H26N2O5/c1-17(25(30)29-24-13-7-6-12-22(24)26(31)32)14-15-28-27(33)34-16-23-20-10-4-2-8-18(20)19-9-3-5-11-21(19)23/h2-13,17,23H,14-16H2,1H3,(H,28,33)(H,29,30)(H,31,32). The molecule has 1 atom stereocenters. The first-order valence-corrected chi connectivity index (χ1v) is 11.2. The van der Waals surface area contributed by atoms with Crippen molar-refractivity contribution in [2.45, 2.75) is 19.3 Å². The molecule has 0 aromatic heterocycles. The summed E-state index contributed by atoms with van der Waals surface area (Å²) >= 11 is 0. The van der Waals surface area contributed by atoms with Crippen LogP contribution in [-0.2, 0) is 9.53 Å². The number of benzene rings is 3. The number of carbonyl (C=O) groups is 3. The molecule has 2 amide bonds. The van der Waals surface area contributed by atoms with Gasteiger partial charge in [0.15, 0.2) is 0 Å². The van der Waals surface area contributed by atoms with Crippen LogP contribution in [0.25, 0.3) is 11.1 Å². The van der Waals surface area contributed by atoms with E-state index >= 15 is 0 Å². The Balaban J connectivity index is 1.26. The first kappa shape index (κ1) is 23.0. The SMILES string of the molecule is CC(CCNC(=O)OCC1c2ccccc2-c2ccccc21)C(=O)Nc1ccccc1C(=O)O. The zero-order chi connectivity index (χ0) is 24.1. The average molecular weight is 459 g/mol. The highest BCUT2D eigenvalue weighted by Gasteiger charge is 2.29. The monoisotopic (exact) mass is 458 g/mol. The van der Waals surface area contributed by atoms with Crippen molar-refractivity contribution in [3.63, 3.8) is 0 Å². The molecule has 1 unspecified atom stereocenters. The molecule has 174 valence electrons. The molecule has 0 radical (unpaired) electrons. The Morgan fingerprint density at radius 3 is 2.15 bits per heavy atom. The van der Waals surface area contributed by atoms with Crippen molar-refractivity contribution in [3.05, 3.63) is 89.5 Å². The fourth-order valence-corrected chi connectivity index (χ4v) is 4.21. The quantitative estimate of drug-likeness (QED) is 0.446. The fraction of sp³-hybridized carbons (Fsp3) is 0.222. The fourth-order valence-electron chi connectivity index (χ4n) is 4.21. The molecule has 0 aliphatic heterocycles. The van der Waals surface area contributed by atoms with E-state index in [0.717, 1.165) is 22.3 Å². The summed E-state index contributed by atoms with van der Waals surface area (Å²) in [6, 6.07) is 22.5. The van der Waals surface area contributed by atoms with Crippen LogP contribution in [0.4, 0.5) is 10.5 Å². The number of rotatable bonds is 8. The van der Waals surface area contributed by atoms with Gasteiger partial charge >= 0.3 is 12.1 Å². The summed E-state index contributed by atoms with van der Waals surface area (Å²) in [6.45, 7) is 2.20. The Bertz CT molecular complexity index is 1180. The van der Waals surface area contributed by atoms with E-state index in [2.05, 4.69) is 34.9 Å². The van der Waals surface area contributed by atoms with Gasteiger partial charge in [0.1, 0.15) is 6.61 Å². The lowest BCUT2D eigenvalue weighted by molar-refractivity contribution is -0.119. The Morgan fingerprint density at radius 1 is 0.912 bits per heavy atom. The number of ether oxygens (including phenoxy) is 1. The first-order valence-electron chi connectivity index (χ1n) is 11.2. The van der Waals surface area contributed by atoms with Gasteiger partial charge in [-0.25, -0.2) is 9.59 Å². The third kappa shape index (κ3) is 4.93. The zero-order valence-corrected chi connectivity index (χ0v) is 18.8. The van der Waals surface area contributed by atoms with Gasteiger partial charge in [-0.1, -0.05) is 67.6 Å². The lowest BCUT2D eigenvalue weighted by atomic mass is 9.98. The van der Waals surface area contributed by atoms with E-state index in [1.54, 1.807) is 25.1 Å². The number of amides is 2. The van der Waals surface area contributed by atoms with Crippen molar-refractivity contribution in [3.8, 4) is 11.1 Å². The summed E-state index contributed by atoms with van der Waals surface area (Å²) in [7, 11) is 0. The number of fused-ring (bicyclic) bond motifs is 3. The topological polar surface area (TPSA) is 105 Å². The molecule has 1 aliphatic carbocycles. The summed E-state index contributed by atoms with van der Waals surface area (Å²) in [4.78, 5) is 36.0. The van der Waals surface area contributed by atoms with Gasteiger partial charge in [0.25, 0.3) is 0 Å². The number of carbonyl (C=O) groups excluding carboxylic acids is 2.